The summed E-state index contributed by atoms with van der Waals surface area (Å²) < 4.78 is 13.5. The molecule has 2 rings (SSSR count). The van der Waals surface area contributed by atoms with Crippen molar-refractivity contribution in [3.8, 4) is 0 Å². The molecule has 1 aromatic carbocycles. The number of hydrogen-bond acceptors (Lipinski definition) is 1. The number of carbonyl (C=O) groups excluding carboxylic acids is 1. The second kappa shape index (κ2) is 5.65. The third kappa shape index (κ3) is 3.64. The maximum Gasteiger partial charge on any atom is 0.252 e. The van der Waals surface area contributed by atoms with Crippen LogP contribution < -0.4 is 5.32 Å². The molecule has 0 heterocycles. The number of halogens is 3. The van der Waals surface area contributed by atoms with Crippen molar-refractivity contribution >= 4 is 44.4 Å². The number of nitrogens with one attached hydrogen (secondary N) is 1. The van der Waals surface area contributed by atoms with Gasteiger partial charge in [-0.05, 0) is 59.5 Å². The molecular formula is C12H12BrFINO. The molecule has 5 heteroatoms. The van der Waals surface area contributed by atoms with E-state index in [9.17, 15) is 9.18 Å². The van der Waals surface area contributed by atoms with E-state index in [1.165, 1.54) is 31.0 Å². The first-order chi connectivity index (χ1) is 8.08. The Morgan fingerprint density at radius 1 is 1.59 bits per heavy atom. The summed E-state index contributed by atoms with van der Waals surface area (Å²) in [4.78, 5) is 12.2. The van der Waals surface area contributed by atoms with Gasteiger partial charge in [0.1, 0.15) is 5.82 Å². The van der Waals surface area contributed by atoms with E-state index in [4.69, 9.17) is 0 Å². The molecule has 0 radical (unpaired) electrons. The van der Waals surface area contributed by atoms with Crippen molar-refractivity contribution in [2.24, 2.45) is 5.92 Å². The molecule has 1 saturated carbocycles. The lowest BCUT2D eigenvalue weighted by Gasteiger charge is -2.10. The Kier molecular flexibility index (Phi) is 4.41. The van der Waals surface area contributed by atoms with Crippen LogP contribution >= 0.6 is 38.5 Å². The molecule has 92 valence electrons. The van der Waals surface area contributed by atoms with Crippen LogP contribution in [-0.2, 0) is 0 Å². The smallest absolute Gasteiger partial charge is 0.252 e. The van der Waals surface area contributed by atoms with Gasteiger partial charge in [-0.15, -0.1) is 0 Å². The van der Waals surface area contributed by atoms with Crippen molar-refractivity contribution in [2.45, 2.75) is 17.7 Å². The summed E-state index contributed by atoms with van der Waals surface area (Å²) in [6, 6.07) is 4.19. The number of rotatable bonds is 4. The highest BCUT2D eigenvalue weighted by atomic mass is 127. The molecule has 1 aliphatic carbocycles. The molecule has 2 nitrogen and oxygen atoms in total. The lowest BCUT2D eigenvalue weighted by atomic mass is 10.2. The first-order valence-electron chi connectivity index (χ1n) is 5.45. The van der Waals surface area contributed by atoms with Crippen LogP contribution in [0.1, 0.15) is 23.2 Å². The minimum Gasteiger partial charge on any atom is -0.351 e. The molecule has 1 aromatic rings. The lowest BCUT2D eigenvalue weighted by molar-refractivity contribution is 0.0952. The predicted molar refractivity (Wildman–Crippen MR) is 76.9 cm³/mol. The van der Waals surface area contributed by atoms with Gasteiger partial charge in [-0.2, -0.15) is 0 Å². The molecule has 0 bridgehead atoms. The van der Waals surface area contributed by atoms with Crippen LogP contribution in [0.3, 0.4) is 0 Å². The minimum atomic E-state index is -0.317. The van der Waals surface area contributed by atoms with Crippen molar-refractivity contribution in [3.05, 3.63) is 33.1 Å². The highest BCUT2D eigenvalue weighted by Crippen LogP contribution is 2.36. The Morgan fingerprint density at radius 2 is 2.29 bits per heavy atom. The average Bonchev–Trinajstić information content (AvgIpc) is 3.09. The summed E-state index contributed by atoms with van der Waals surface area (Å²) in [5.74, 6) is 0.240. The third-order valence-corrected chi connectivity index (χ3v) is 4.73. The second-order valence-corrected chi connectivity index (χ2v) is 6.53. The monoisotopic (exact) mass is 411 g/mol. The van der Waals surface area contributed by atoms with Crippen LogP contribution in [0.25, 0.3) is 0 Å². The largest absolute Gasteiger partial charge is 0.351 e. The highest BCUT2D eigenvalue weighted by Gasteiger charge is 2.29. The van der Waals surface area contributed by atoms with E-state index < -0.39 is 0 Å². The Morgan fingerprint density at radius 3 is 2.88 bits per heavy atom. The van der Waals surface area contributed by atoms with Crippen molar-refractivity contribution in [1.29, 1.82) is 0 Å². The Balaban J connectivity index is 1.94. The Labute approximate surface area is 122 Å². The summed E-state index contributed by atoms with van der Waals surface area (Å²) >= 11 is 5.53. The van der Waals surface area contributed by atoms with Crippen LogP contribution in [0.4, 0.5) is 4.39 Å². The molecular weight excluding hydrogens is 400 g/mol. The summed E-state index contributed by atoms with van der Waals surface area (Å²) in [6.45, 7) is 0.622. The van der Waals surface area contributed by atoms with Crippen molar-refractivity contribution < 1.29 is 9.18 Å². The third-order valence-electron chi connectivity index (χ3n) is 2.77. The Bertz CT molecular complexity index is 437. The number of hydrogen-bond donors (Lipinski definition) is 1. The molecule has 1 fully saturated rings. The van der Waals surface area contributed by atoms with Gasteiger partial charge in [-0.3, -0.25) is 4.79 Å². The summed E-state index contributed by atoms with van der Waals surface area (Å²) in [5.41, 5.74) is 0.530. The van der Waals surface area contributed by atoms with Crippen LogP contribution in [-0.4, -0.2) is 17.3 Å². The number of amides is 1. The van der Waals surface area contributed by atoms with Gasteiger partial charge < -0.3 is 5.32 Å². The van der Waals surface area contributed by atoms with Gasteiger partial charge in [0.25, 0.3) is 5.91 Å². The van der Waals surface area contributed by atoms with Crippen molar-refractivity contribution in [1.82, 2.24) is 5.32 Å². The lowest BCUT2D eigenvalue weighted by Crippen LogP contribution is -2.30. The molecule has 0 aromatic heterocycles. The van der Waals surface area contributed by atoms with Crippen molar-refractivity contribution in [2.75, 3.05) is 6.54 Å². The molecule has 1 aliphatic rings. The molecule has 17 heavy (non-hydrogen) atoms. The maximum atomic E-state index is 12.9. The van der Waals surface area contributed by atoms with E-state index in [0.717, 1.165) is 0 Å². The zero-order chi connectivity index (χ0) is 12.4. The van der Waals surface area contributed by atoms with E-state index in [0.29, 0.717) is 26.4 Å². The topological polar surface area (TPSA) is 29.1 Å². The number of alkyl halides is 1. The molecule has 1 N–H and O–H groups in total. The van der Waals surface area contributed by atoms with E-state index in [1.807, 2.05) is 22.6 Å². The zero-order valence-electron chi connectivity index (χ0n) is 9.05. The zero-order valence-corrected chi connectivity index (χ0v) is 12.8. The van der Waals surface area contributed by atoms with Gasteiger partial charge in [0, 0.05) is 14.9 Å². The van der Waals surface area contributed by atoms with Crippen LogP contribution in [0.15, 0.2) is 18.2 Å². The SMILES string of the molecule is O=C(NCC(Br)C1CC1)c1ccc(F)cc1I. The number of carbonyl (C=O) groups is 1. The quantitative estimate of drug-likeness (QED) is 0.597. The van der Waals surface area contributed by atoms with E-state index in [2.05, 4.69) is 21.2 Å². The van der Waals surface area contributed by atoms with E-state index in [1.54, 1.807) is 0 Å². The minimum absolute atomic E-state index is 0.139. The maximum absolute atomic E-state index is 12.9. The van der Waals surface area contributed by atoms with Crippen LogP contribution in [0.5, 0.6) is 0 Å². The van der Waals surface area contributed by atoms with Crippen LogP contribution in [0.2, 0.25) is 0 Å². The van der Waals surface area contributed by atoms with Gasteiger partial charge in [0.15, 0.2) is 0 Å². The molecule has 1 atom stereocenters. The second-order valence-electron chi connectivity index (χ2n) is 4.19. The first-order valence-corrected chi connectivity index (χ1v) is 7.44. The molecule has 0 spiro atoms. The standard InChI is InChI=1S/C12H12BrFINO/c13-10(7-1-2-7)6-16-12(17)9-4-3-8(14)5-11(9)15/h3-5,7,10H,1-2,6H2,(H,16,17). The first kappa shape index (κ1) is 13.3. The fourth-order valence-electron chi connectivity index (χ4n) is 1.58. The summed E-state index contributed by atoms with van der Waals surface area (Å²) in [6.07, 6.45) is 2.47. The van der Waals surface area contributed by atoms with Gasteiger partial charge in [0.05, 0.1) is 5.56 Å². The molecule has 1 amide bonds. The van der Waals surface area contributed by atoms with E-state index >= 15 is 0 Å². The normalized spacial score (nSPS) is 16.6. The molecule has 0 aliphatic heterocycles. The average molecular weight is 412 g/mol. The van der Waals surface area contributed by atoms with Crippen LogP contribution in [0, 0.1) is 15.3 Å². The molecule has 0 saturated heterocycles. The van der Waals surface area contributed by atoms with Gasteiger partial charge in [-0.1, -0.05) is 15.9 Å². The predicted octanol–water partition coefficient (Wildman–Crippen LogP) is 3.33. The summed E-state index contributed by atoms with van der Waals surface area (Å²) in [5, 5.41) is 2.87. The Hall–Kier alpha value is -0.170. The number of benzene rings is 1. The molecule has 1 unspecified atom stereocenters. The fraction of sp³-hybridized carbons (Fsp3) is 0.417. The van der Waals surface area contributed by atoms with Crippen molar-refractivity contribution in [3.63, 3.8) is 0 Å². The van der Waals surface area contributed by atoms with Gasteiger partial charge in [0.2, 0.25) is 0 Å². The van der Waals surface area contributed by atoms with Gasteiger partial charge >= 0.3 is 0 Å². The van der Waals surface area contributed by atoms with E-state index in [-0.39, 0.29) is 11.7 Å². The highest BCUT2D eigenvalue weighted by molar-refractivity contribution is 14.1. The summed E-state index contributed by atoms with van der Waals surface area (Å²) in [7, 11) is 0. The van der Waals surface area contributed by atoms with Gasteiger partial charge in [-0.25, -0.2) is 4.39 Å². The fourth-order valence-corrected chi connectivity index (χ4v) is 3.00.